The molecule has 1 aliphatic heterocycles. The number of thiazole rings is 1. The topological polar surface area (TPSA) is 58.2 Å². The lowest BCUT2D eigenvalue weighted by Crippen LogP contribution is -2.39. The van der Waals surface area contributed by atoms with Crippen molar-refractivity contribution in [2.75, 3.05) is 20.2 Å². The van der Waals surface area contributed by atoms with Gasteiger partial charge in [-0.15, -0.1) is 11.3 Å². The molecule has 0 spiro atoms. The Morgan fingerprint density at radius 2 is 2.06 bits per heavy atom. The first-order valence-corrected chi connectivity index (χ1v) is 12.0. The van der Waals surface area contributed by atoms with Gasteiger partial charge in [0.25, 0.3) is 0 Å². The lowest BCUT2D eigenvalue weighted by Gasteiger charge is -2.32. The van der Waals surface area contributed by atoms with Gasteiger partial charge in [-0.25, -0.2) is 4.98 Å². The van der Waals surface area contributed by atoms with Crippen LogP contribution in [0.1, 0.15) is 35.8 Å². The lowest BCUT2D eigenvalue weighted by molar-refractivity contribution is -0.132. The number of benzene rings is 2. The third-order valence-corrected chi connectivity index (χ3v) is 7.29. The first-order chi connectivity index (χ1) is 15.7. The Morgan fingerprint density at radius 3 is 2.84 bits per heavy atom. The normalized spacial score (nSPS) is 16.4. The highest BCUT2D eigenvalue weighted by molar-refractivity contribution is 7.09. The average Bonchev–Trinajstić information content (AvgIpc) is 3.51. The number of fused-ring (bicyclic) bond motifs is 1. The molecule has 1 saturated heterocycles. The maximum atomic E-state index is 13.2. The van der Waals surface area contributed by atoms with E-state index < -0.39 is 0 Å². The number of hydrogen-bond acceptors (Lipinski definition) is 4. The van der Waals surface area contributed by atoms with Crippen molar-refractivity contribution in [2.45, 2.75) is 31.6 Å². The summed E-state index contributed by atoms with van der Waals surface area (Å²) in [5, 5.41) is 4.36. The largest absolute Gasteiger partial charge is 0.497 e. The Bertz CT molecular complexity index is 1200. The van der Waals surface area contributed by atoms with E-state index >= 15 is 0 Å². The Kier molecular flexibility index (Phi) is 5.95. The summed E-state index contributed by atoms with van der Waals surface area (Å²) in [7, 11) is 1.68. The minimum Gasteiger partial charge on any atom is -0.497 e. The van der Waals surface area contributed by atoms with Crippen molar-refractivity contribution in [1.29, 1.82) is 0 Å². The van der Waals surface area contributed by atoms with Crippen LogP contribution in [0.15, 0.2) is 60.1 Å². The predicted molar refractivity (Wildman–Crippen MR) is 129 cm³/mol. The number of aromatic amines is 1. The Hall–Kier alpha value is -3.12. The fraction of sp³-hybridized carbons (Fsp3) is 0.308. The molecule has 164 valence electrons. The number of aromatic nitrogens is 2. The predicted octanol–water partition coefficient (Wildman–Crippen LogP) is 5.64. The van der Waals surface area contributed by atoms with Gasteiger partial charge in [-0.2, -0.15) is 0 Å². The third-order valence-electron chi connectivity index (χ3n) is 6.36. The van der Waals surface area contributed by atoms with E-state index in [4.69, 9.17) is 4.74 Å². The van der Waals surface area contributed by atoms with Crippen LogP contribution in [0.3, 0.4) is 0 Å². The number of ether oxygens (including phenoxy) is 1. The molecule has 0 radical (unpaired) electrons. The minimum absolute atomic E-state index is 0.234. The number of H-pyrrole nitrogens is 1. The summed E-state index contributed by atoms with van der Waals surface area (Å²) < 4.78 is 5.31. The van der Waals surface area contributed by atoms with Crippen LogP contribution in [-0.4, -0.2) is 41.0 Å². The van der Waals surface area contributed by atoms with Crippen molar-refractivity contribution in [2.24, 2.45) is 0 Å². The number of nitrogens with zero attached hydrogens (tertiary/aromatic N) is 2. The average molecular weight is 446 g/mol. The molecule has 1 N–H and O–H groups in total. The fourth-order valence-electron chi connectivity index (χ4n) is 4.70. The molecule has 1 amide bonds. The molecule has 1 unspecified atom stereocenters. The zero-order valence-corrected chi connectivity index (χ0v) is 19.0. The van der Waals surface area contributed by atoms with Gasteiger partial charge in [-0.1, -0.05) is 18.2 Å². The van der Waals surface area contributed by atoms with Gasteiger partial charge in [0.2, 0.25) is 5.91 Å². The quantitative estimate of drug-likeness (QED) is 0.418. The molecule has 3 heterocycles. The molecule has 1 fully saturated rings. The molecule has 1 aliphatic rings. The van der Waals surface area contributed by atoms with E-state index in [1.165, 1.54) is 10.9 Å². The number of hydrogen-bond donors (Lipinski definition) is 1. The van der Waals surface area contributed by atoms with Gasteiger partial charge < -0.3 is 14.6 Å². The van der Waals surface area contributed by atoms with Crippen LogP contribution in [0, 0.1) is 0 Å². The Labute approximate surface area is 192 Å². The number of piperidine rings is 1. The summed E-state index contributed by atoms with van der Waals surface area (Å²) in [5.74, 6) is 1.44. The van der Waals surface area contributed by atoms with E-state index in [-0.39, 0.29) is 5.91 Å². The molecule has 4 aromatic rings. The van der Waals surface area contributed by atoms with E-state index in [0.717, 1.165) is 53.5 Å². The second-order valence-electron chi connectivity index (χ2n) is 8.30. The minimum atomic E-state index is 0.234. The smallest absolute Gasteiger partial charge is 0.222 e. The van der Waals surface area contributed by atoms with E-state index in [1.807, 2.05) is 34.7 Å². The number of aryl methyl sites for hydroxylation is 1. The Balaban J connectivity index is 1.36. The van der Waals surface area contributed by atoms with Gasteiger partial charge in [-0.3, -0.25) is 4.79 Å². The number of rotatable bonds is 6. The highest BCUT2D eigenvalue weighted by Crippen LogP contribution is 2.33. The standard InChI is InChI=1S/C26H27N3O2S/c1-31-20-10-8-18(9-11-20)25-22(21-6-2-3-7-23(21)28-25)12-13-24(30)29-15-4-5-19(17-29)26-27-14-16-32-26/h2-3,6-11,14,16,19,28H,4-5,12-13,15,17H2,1H3. The summed E-state index contributed by atoms with van der Waals surface area (Å²) in [6.45, 7) is 1.63. The summed E-state index contributed by atoms with van der Waals surface area (Å²) in [5.41, 5.74) is 4.49. The van der Waals surface area contributed by atoms with Crippen molar-refractivity contribution in [3.8, 4) is 17.0 Å². The molecule has 2 aromatic heterocycles. The zero-order chi connectivity index (χ0) is 21.9. The number of amides is 1. The number of carbonyl (C=O) groups excluding carboxylic acids is 1. The first-order valence-electron chi connectivity index (χ1n) is 11.1. The van der Waals surface area contributed by atoms with E-state index in [9.17, 15) is 4.79 Å². The highest BCUT2D eigenvalue weighted by Gasteiger charge is 2.26. The molecule has 1 atom stereocenters. The molecule has 2 aromatic carbocycles. The van der Waals surface area contributed by atoms with E-state index in [1.54, 1.807) is 18.4 Å². The van der Waals surface area contributed by atoms with Crippen LogP contribution in [0.4, 0.5) is 0 Å². The lowest BCUT2D eigenvalue weighted by atomic mass is 9.97. The van der Waals surface area contributed by atoms with Gasteiger partial charge in [0.1, 0.15) is 5.75 Å². The number of para-hydroxylation sites is 1. The van der Waals surface area contributed by atoms with Gasteiger partial charge in [0.15, 0.2) is 0 Å². The molecule has 6 heteroatoms. The third kappa shape index (κ3) is 4.15. The monoisotopic (exact) mass is 445 g/mol. The van der Waals surface area contributed by atoms with Crippen LogP contribution in [-0.2, 0) is 11.2 Å². The SMILES string of the molecule is COc1ccc(-c2[nH]c3ccccc3c2CCC(=O)N2CCCC(c3nccs3)C2)cc1. The fourth-order valence-corrected chi connectivity index (χ4v) is 5.46. The van der Waals surface area contributed by atoms with Gasteiger partial charge in [-0.05, 0) is 60.7 Å². The van der Waals surface area contributed by atoms with Crippen molar-refractivity contribution in [3.63, 3.8) is 0 Å². The summed E-state index contributed by atoms with van der Waals surface area (Å²) in [4.78, 5) is 23.3. The summed E-state index contributed by atoms with van der Waals surface area (Å²) in [6, 6.07) is 16.4. The van der Waals surface area contributed by atoms with Gasteiger partial charge >= 0.3 is 0 Å². The molecule has 0 aliphatic carbocycles. The highest BCUT2D eigenvalue weighted by atomic mass is 32.1. The van der Waals surface area contributed by atoms with Crippen LogP contribution >= 0.6 is 11.3 Å². The van der Waals surface area contributed by atoms with Crippen LogP contribution in [0.5, 0.6) is 5.75 Å². The molecular formula is C26H27N3O2S. The number of nitrogens with one attached hydrogen (secondary N) is 1. The molecular weight excluding hydrogens is 418 g/mol. The summed E-state index contributed by atoms with van der Waals surface area (Å²) >= 11 is 1.70. The second-order valence-corrected chi connectivity index (χ2v) is 9.23. The van der Waals surface area contributed by atoms with Crippen LogP contribution < -0.4 is 4.74 Å². The maximum Gasteiger partial charge on any atom is 0.222 e. The zero-order valence-electron chi connectivity index (χ0n) is 18.2. The second kappa shape index (κ2) is 9.17. The van der Waals surface area contributed by atoms with E-state index in [2.05, 4.69) is 40.3 Å². The van der Waals surface area contributed by atoms with Crippen molar-refractivity contribution >= 4 is 28.1 Å². The molecule has 5 rings (SSSR count). The van der Waals surface area contributed by atoms with Crippen molar-refractivity contribution in [3.05, 3.63) is 70.7 Å². The Morgan fingerprint density at radius 1 is 1.22 bits per heavy atom. The number of likely N-dealkylation sites (tertiary alicyclic amines) is 1. The van der Waals surface area contributed by atoms with E-state index in [0.29, 0.717) is 18.8 Å². The van der Waals surface area contributed by atoms with Crippen LogP contribution in [0.25, 0.3) is 22.2 Å². The molecule has 5 nitrogen and oxygen atoms in total. The number of methoxy groups -OCH3 is 1. The molecule has 0 saturated carbocycles. The van der Waals surface area contributed by atoms with Crippen molar-refractivity contribution < 1.29 is 9.53 Å². The van der Waals surface area contributed by atoms with Gasteiger partial charge in [0, 0.05) is 53.6 Å². The first kappa shape index (κ1) is 20.8. The molecule has 32 heavy (non-hydrogen) atoms. The molecule has 0 bridgehead atoms. The van der Waals surface area contributed by atoms with Crippen molar-refractivity contribution in [1.82, 2.24) is 14.9 Å². The summed E-state index contributed by atoms with van der Waals surface area (Å²) in [6.07, 6.45) is 5.23. The van der Waals surface area contributed by atoms with Crippen LogP contribution in [0.2, 0.25) is 0 Å². The maximum absolute atomic E-state index is 13.2. The van der Waals surface area contributed by atoms with Gasteiger partial charge in [0.05, 0.1) is 12.1 Å². The number of carbonyl (C=O) groups is 1.